The van der Waals surface area contributed by atoms with E-state index in [0.29, 0.717) is 28.9 Å². The smallest absolute Gasteiger partial charge is 0.242 e. The predicted molar refractivity (Wildman–Crippen MR) is 112 cm³/mol. The largest absolute Gasteiger partial charge is 0.496 e. The number of nitrogens with zero attached hydrogens (tertiary/aromatic N) is 5. The maximum atomic E-state index is 12.5. The topological polar surface area (TPSA) is 127 Å². The molecule has 10 nitrogen and oxygen atoms in total. The third kappa shape index (κ3) is 4.18. The van der Waals surface area contributed by atoms with E-state index in [1.54, 1.807) is 12.1 Å². The fourth-order valence-electron chi connectivity index (χ4n) is 3.02. The molecule has 0 aliphatic heterocycles. The normalized spacial score (nSPS) is 11.7. The van der Waals surface area contributed by atoms with Crippen molar-refractivity contribution in [1.29, 1.82) is 0 Å². The first kappa shape index (κ1) is 20.7. The quantitative estimate of drug-likeness (QED) is 0.464. The molecule has 0 atom stereocenters. The number of H-pyrrole nitrogens is 1. The third-order valence-corrected chi connectivity index (χ3v) is 6.46. The molecule has 0 saturated heterocycles. The summed E-state index contributed by atoms with van der Waals surface area (Å²) in [6.45, 7) is 0. The lowest BCUT2D eigenvalue weighted by molar-refractivity contribution is 0.379. The van der Waals surface area contributed by atoms with E-state index in [0.717, 1.165) is 15.4 Å². The van der Waals surface area contributed by atoms with E-state index in [9.17, 15) is 8.42 Å². The van der Waals surface area contributed by atoms with Crippen molar-refractivity contribution in [2.24, 2.45) is 0 Å². The summed E-state index contributed by atoms with van der Waals surface area (Å²) >= 11 is 0. The summed E-state index contributed by atoms with van der Waals surface area (Å²) in [7, 11) is 0.903. The molecule has 0 bridgehead atoms. The van der Waals surface area contributed by atoms with Gasteiger partial charge in [0.15, 0.2) is 5.82 Å². The first-order valence-electron chi connectivity index (χ1n) is 9.26. The van der Waals surface area contributed by atoms with Gasteiger partial charge in [-0.3, -0.25) is 5.10 Å². The summed E-state index contributed by atoms with van der Waals surface area (Å²) in [4.78, 5) is 8.77. The Morgan fingerprint density at radius 1 is 1.13 bits per heavy atom. The van der Waals surface area contributed by atoms with Crippen LogP contribution in [0.2, 0.25) is 0 Å². The zero-order chi connectivity index (χ0) is 22.0. The Kier molecular flexibility index (Phi) is 5.53. The van der Waals surface area contributed by atoms with Gasteiger partial charge in [-0.15, -0.1) is 0 Å². The van der Waals surface area contributed by atoms with Crippen LogP contribution in [0.1, 0.15) is 11.5 Å². The van der Waals surface area contributed by atoms with Gasteiger partial charge in [0.05, 0.1) is 18.4 Å². The number of ether oxygens (including phenoxy) is 1. The van der Waals surface area contributed by atoms with Crippen LogP contribution in [0.4, 0.5) is 0 Å². The summed E-state index contributed by atoms with van der Waals surface area (Å²) in [5.74, 6) is 1.91. The SMILES string of the molecule is COc1ccc(S(=O)(=O)N(C)C)cc1Cc1nc(-c2cccc(-c3ncn[nH]3)c2)no1. The van der Waals surface area contributed by atoms with Gasteiger partial charge in [-0.05, 0) is 24.3 Å². The molecule has 2 aromatic heterocycles. The minimum atomic E-state index is -3.58. The van der Waals surface area contributed by atoms with E-state index in [1.165, 1.54) is 33.6 Å². The lowest BCUT2D eigenvalue weighted by Crippen LogP contribution is -2.22. The molecule has 11 heteroatoms. The number of hydrogen-bond donors (Lipinski definition) is 1. The van der Waals surface area contributed by atoms with Gasteiger partial charge in [0.1, 0.15) is 12.1 Å². The predicted octanol–water partition coefficient (Wildman–Crippen LogP) is 2.37. The minimum absolute atomic E-state index is 0.160. The summed E-state index contributed by atoms with van der Waals surface area (Å²) in [6.07, 6.45) is 1.65. The number of rotatable bonds is 7. The van der Waals surface area contributed by atoms with Crippen molar-refractivity contribution in [3.8, 4) is 28.5 Å². The van der Waals surface area contributed by atoms with Crippen molar-refractivity contribution in [3.63, 3.8) is 0 Å². The Hall–Kier alpha value is -3.57. The highest BCUT2D eigenvalue weighted by Crippen LogP contribution is 2.27. The molecule has 0 aliphatic rings. The lowest BCUT2D eigenvalue weighted by Gasteiger charge is -2.14. The molecule has 0 amide bonds. The highest BCUT2D eigenvalue weighted by molar-refractivity contribution is 7.89. The molecule has 4 aromatic rings. The van der Waals surface area contributed by atoms with Gasteiger partial charge in [-0.2, -0.15) is 10.1 Å². The Morgan fingerprint density at radius 2 is 1.94 bits per heavy atom. The second-order valence-electron chi connectivity index (χ2n) is 6.86. The molecule has 0 fully saturated rings. The number of aromatic amines is 1. The van der Waals surface area contributed by atoms with Crippen molar-refractivity contribution in [3.05, 3.63) is 60.2 Å². The molecule has 0 unspecified atom stereocenters. The molecule has 0 aliphatic carbocycles. The van der Waals surface area contributed by atoms with Crippen molar-refractivity contribution in [2.45, 2.75) is 11.3 Å². The molecular formula is C20H20N6O4S. The summed E-state index contributed by atoms with van der Waals surface area (Å²) in [6, 6.07) is 12.2. The highest BCUT2D eigenvalue weighted by Gasteiger charge is 2.20. The Bertz CT molecular complexity index is 1300. The molecule has 2 heterocycles. The molecule has 0 spiro atoms. The zero-order valence-electron chi connectivity index (χ0n) is 17.1. The standard InChI is InChI=1S/C20H20N6O4S/c1-26(2)31(27,28)16-7-8-17(29-3)15(10-16)11-18-23-20(25-30-18)14-6-4-5-13(9-14)19-21-12-22-24-19/h4-10,12H,11H2,1-3H3,(H,21,22,24). The van der Waals surface area contributed by atoms with Crippen LogP contribution in [-0.4, -0.2) is 59.3 Å². The van der Waals surface area contributed by atoms with E-state index >= 15 is 0 Å². The van der Waals surface area contributed by atoms with E-state index in [1.807, 2.05) is 24.3 Å². The Morgan fingerprint density at radius 3 is 2.65 bits per heavy atom. The highest BCUT2D eigenvalue weighted by atomic mass is 32.2. The summed E-state index contributed by atoms with van der Waals surface area (Å²) < 4.78 is 36.9. The molecule has 31 heavy (non-hydrogen) atoms. The van der Waals surface area contributed by atoms with Gasteiger partial charge >= 0.3 is 0 Å². The van der Waals surface area contributed by atoms with Crippen LogP contribution in [0.5, 0.6) is 5.75 Å². The van der Waals surface area contributed by atoms with Crippen LogP contribution in [0, 0.1) is 0 Å². The van der Waals surface area contributed by atoms with Crippen LogP contribution >= 0.6 is 0 Å². The van der Waals surface area contributed by atoms with Crippen molar-refractivity contribution in [2.75, 3.05) is 21.2 Å². The van der Waals surface area contributed by atoms with Crippen LogP contribution in [0.3, 0.4) is 0 Å². The molecule has 0 radical (unpaired) electrons. The van der Waals surface area contributed by atoms with Gasteiger partial charge in [0, 0.05) is 30.8 Å². The fraction of sp³-hybridized carbons (Fsp3) is 0.200. The van der Waals surface area contributed by atoms with Crippen molar-refractivity contribution < 1.29 is 17.7 Å². The lowest BCUT2D eigenvalue weighted by atomic mass is 10.1. The average Bonchev–Trinajstić information content (AvgIpc) is 3.46. The van der Waals surface area contributed by atoms with E-state index in [4.69, 9.17) is 9.26 Å². The number of nitrogens with one attached hydrogen (secondary N) is 1. The van der Waals surface area contributed by atoms with Crippen LogP contribution < -0.4 is 4.74 Å². The monoisotopic (exact) mass is 440 g/mol. The zero-order valence-corrected chi connectivity index (χ0v) is 17.9. The third-order valence-electron chi connectivity index (χ3n) is 4.65. The Balaban J connectivity index is 1.63. The van der Waals surface area contributed by atoms with Gasteiger partial charge in [-0.1, -0.05) is 23.4 Å². The summed E-state index contributed by atoms with van der Waals surface area (Å²) in [5, 5.41) is 10.7. The second kappa shape index (κ2) is 8.28. The van der Waals surface area contributed by atoms with Crippen LogP contribution in [0.15, 0.2) is 58.2 Å². The average molecular weight is 440 g/mol. The van der Waals surface area contributed by atoms with Crippen molar-refractivity contribution in [1.82, 2.24) is 29.6 Å². The van der Waals surface area contributed by atoms with E-state index in [-0.39, 0.29) is 11.3 Å². The minimum Gasteiger partial charge on any atom is -0.496 e. The van der Waals surface area contributed by atoms with Gasteiger partial charge < -0.3 is 9.26 Å². The van der Waals surface area contributed by atoms with E-state index in [2.05, 4.69) is 25.3 Å². The van der Waals surface area contributed by atoms with Crippen molar-refractivity contribution >= 4 is 10.0 Å². The molecule has 4 rings (SSSR count). The van der Waals surface area contributed by atoms with Crippen LogP contribution in [0.25, 0.3) is 22.8 Å². The number of hydrogen-bond acceptors (Lipinski definition) is 8. The van der Waals surface area contributed by atoms with E-state index < -0.39 is 10.0 Å². The molecule has 160 valence electrons. The maximum Gasteiger partial charge on any atom is 0.242 e. The molecule has 1 N–H and O–H groups in total. The summed E-state index contributed by atoms with van der Waals surface area (Å²) in [5.41, 5.74) is 2.21. The first-order valence-corrected chi connectivity index (χ1v) is 10.7. The number of methoxy groups -OCH3 is 1. The first-order chi connectivity index (χ1) is 14.9. The maximum absolute atomic E-state index is 12.5. The number of sulfonamides is 1. The number of aromatic nitrogens is 5. The van der Waals surface area contributed by atoms with Gasteiger partial charge in [0.25, 0.3) is 0 Å². The Labute approximate surface area is 178 Å². The number of benzene rings is 2. The molecule has 0 saturated carbocycles. The van der Waals surface area contributed by atoms with Gasteiger partial charge in [0.2, 0.25) is 21.7 Å². The molecule has 2 aromatic carbocycles. The van der Waals surface area contributed by atoms with Crippen LogP contribution in [-0.2, 0) is 16.4 Å². The second-order valence-corrected chi connectivity index (χ2v) is 9.02. The molecular weight excluding hydrogens is 420 g/mol. The fourth-order valence-corrected chi connectivity index (χ4v) is 3.97. The van der Waals surface area contributed by atoms with Gasteiger partial charge in [-0.25, -0.2) is 17.7 Å².